The van der Waals surface area contributed by atoms with Crippen molar-refractivity contribution >= 4 is 0 Å². The number of rotatable bonds is 6. The van der Waals surface area contributed by atoms with E-state index in [1.54, 1.807) is 0 Å². The van der Waals surface area contributed by atoms with Crippen molar-refractivity contribution in [2.75, 3.05) is 0 Å². The smallest absolute Gasteiger partial charge is 0.0239 e. The molecule has 0 radical (unpaired) electrons. The van der Waals surface area contributed by atoms with E-state index < -0.39 is 0 Å². The number of hydrogen-bond donors (Lipinski definition) is 0. The minimum Gasteiger partial charge on any atom is -0.103 e. The Morgan fingerprint density at radius 3 is 1.60 bits per heavy atom. The second kappa shape index (κ2) is 23.5. The Hall–Kier alpha value is -0.260. The SMILES string of the molecule is C=CC(CC)CCCC.CC.CCCC. The lowest BCUT2D eigenvalue weighted by Crippen LogP contribution is -1.92. The van der Waals surface area contributed by atoms with Gasteiger partial charge in [-0.15, -0.1) is 6.58 Å². The van der Waals surface area contributed by atoms with E-state index >= 15 is 0 Å². The first kappa shape index (κ1) is 20.2. The zero-order valence-corrected chi connectivity index (χ0v) is 12.1. The summed E-state index contributed by atoms with van der Waals surface area (Å²) in [7, 11) is 0. The molecule has 0 fully saturated rings. The summed E-state index contributed by atoms with van der Waals surface area (Å²) in [5.41, 5.74) is 0. The highest BCUT2D eigenvalue weighted by Gasteiger charge is 1.97. The van der Waals surface area contributed by atoms with Gasteiger partial charge in [0.1, 0.15) is 0 Å². The van der Waals surface area contributed by atoms with Gasteiger partial charge in [0, 0.05) is 0 Å². The van der Waals surface area contributed by atoms with Crippen molar-refractivity contribution in [3.05, 3.63) is 12.7 Å². The molecule has 0 nitrogen and oxygen atoms in total. The van der Waals surface area contributed by atoms with Crippen molar-refractivity contribution in [3.63, 3.8) is 0 Å². The fraction of sp³-hybridized carbons (Fsp3) is 0.867. The molecule has 1 atom stereocenters. The highest BCUT2D eigenvalue weighted by molar-refractivity contribution is 4.76. The molecule has 0 bridgehead atoms. The van der Waals surface area contributed by atoms with Gasteiger partial charge < -0.3 is 0 Å². The largest absolute Gasteiger partial charge is 0.103 e. The molecule has 0 aliphatic carbocycles. The topological polar surface area (TPSA) is 0 Å². The quantitative estimate of drug-likeness (QED) is 0.460. The first-order valence-electron chi connectivity index (χ1n) is 6.89. The molecule has 0 aromatic rings. The molecule has 0 aromatic heterocycles. The van der Waals surface area contributed by atoms with E-state index in [4.69, 9.17) is 0 Å². The van der Waals surface area contributed by atoms with Crippen LogP contribution in [0.1, 0.15) is 80.1 Å². The lowest BCUT2D eigenvalue weighted by atomic mass is 10.00. The highest BCUT2D eigenvalue weighted by atomic mass is 14.0. The molecule has 0 rings (SSSR count). The summed E-state index contributed by atoms with van der Waals surface area (Å²) >= 11 is 0. The molecule has 94 valence electrons. The fourth-order valence-electron chi connectivity index (χ4n) is 0.955. The third-order valence-electron chi connectivity index (χ3n) is 2.29. The van der Waals surface area contributed by atoms with E-state index in [0.717, 1.165) is 5.92 Å². The summed E-state index contributed by atoms with van der Waals surface area (Å²) in [6, 6.07) is 0. The molecule has 0 heteroatoms. The molecule has 0 aliphatic rings. The molecule has 0 heterocycles. The van der Waals surface area contributed by atoms with Gasteiger partial charge in [-0.05, 0) is 18.8 Å². The van der Waals surface area contributed by atoms with Crippen molar-refractivity contribution in [2.45, 2.75) is 80.1 Å². The second-order valence-electron chi connectivity index (χ2n) is 3.55. The van der Waals surface area contributed by atoms with Gasteiger partial charge in [0.2, 0.25) is 0 Å². The van der Waals surface area contributed by atoms with Gasteiger partial charge in [-0.2, -0.15) is 0 Å². The Kier molecular flexibility index (Phi) is 31.6. The summed E-state index contributed by atoms with van der Waals surface area (Å²) in [6.07, 6.45) is 9.96. The highest BCUT2D eigenvalue weighted by Crippen LogP contribution is 2.12. The Morgan fingerprint density at radius 1 is 0.933 bits per heavy atom. The first-order chi connectivity index (χ1) is 7.26. The van der Waals surface area contributed by atoms with Crippen LogP contribution in [0.3, 0.4) is 0 Å². The van der Waals surface area contributed by atoms with Crippen LogP contribution >= 0.6 is 0 Å². The Balaban J connectivity index is -0.000000202. The van der Waals surface area contributed by atoms with Crippen LogP contribution in [-0.4, -0.2) is 0 Å². The maximum atomic E-state index is 3.78. The van der Waals surface area contributed by atoms with E-state index in [1.807, 2.05) is 13.8 Å². The molecule has 0 N–H and O–H groups in total. The molecule has 15 heavy (non-hydrogen) atoms. The van der Waals surface area contributed by atoms with Crippen LogP contribution in [-0.2, 0) is 0 Å². The van der Waals surface area contributed by atoms with Crippen LogP contribution in [0, 0.1) is 5.92 Å². The van der Waals surface area contributed by atoms with Crippen LogP contribution in [0.2, 0.25) is 0 Å². The summed E-state index contributed by atoms with van der Waals surface area (Å²) in [5, 5.41) is 0. The maximum Gasteiger partial charge on any atom is -0.0239 e. The van der Waals surface area contributed by atoms with Gasteiger partial charge in [0.15, 0.2) is 0 Å². The van der Waals surface area contributed by atoms with E-state index in [1.165, 1.54) is 38.5 Å². The zero-order chi connectivity index (χ0) is 12.5. The van der Waals surface area contributed by atoms with Crippen molar-refractivity contribution in [2.24, 2.45) is 5.92 Å². The van der Waals surface area contributed by atoms with Crippen molar-refractivity contribution in [3.8, 4) is 0 Å². The minimum atomic E-state index is 0.768. The molecule has 0 aliphatic heterocycles. The predicted octanol–water partition coefficient (Wildman–Crippen LogP) is 6.22. The van der Waals surface area contributed by atoms with Gasteiger partial charge in [-0.25, -0.2) is 0 Å². The molecule has 0 aromatic carbocycles. The number of hydrogen-bond acceptors (Lipinski definition) is 0. The summed E-state index contributed by atoms with van der Waals surface area (Å²) in [4.78, 5) is 0. The van der Waals surface area contributed by atoms with Crippen LogP contribution < -0.4 is 0 Å². The lowest BCUT2D eigenvalue weighted by molar-refractivity contribution is 0.541. The monoisotopic (exact) mass is 214 g/mol. The maximum absolute atomic E-state index is 3.78. The molecular formula is C15H34. The Labute approximate surface area is 99.2 Å². The van der Waals surface area contributed by atoms with E-state index in [0.29, 0.717) is 0 Å². The zero-order valence-electron chi connectivity index (χ0n) is 12.1. The third kappa shape index (κ3) is 24.8. The molecule has 0 saturated carbocycles. The van der Waals surface area contributed by atoms with Gasteiger partial charge >= 0.3 is 0 Å². The molecule has 0 amide bonds. The van der Waals surface area contributed by atoms with Crippen LogP contribution in [0.15, 0.2) is 12.7 Å². The Bertz CT molecular complexity index is 82.0. The standard InChI is InChI=1S/C9H18.C4H10.C2H6/c1-4-7-8-9(5-2)6-3;1-3-4-2;1-2/h5,9H,2,4,6-8H2,1,3H3;3-4H2,1-2H3;1-2H3. The average Bonchev–Trinajstić information content (AvgIpc) is 2.33. The van der Waals surface area contributed by atoms with Gasteiger partial charge in [-0.1, -0.05) is 73.3 Å². The third-order valence-corrected chi connectivity index (χ3v) is 2.29. The van der Waals surface area contributed by atoms with Crippen LogP contribution in [0.4, 0.5) is 0 Å². The predicted molar refractivity (Wildman–Crippen MR) is 75.4 cm³/mol. The minimum absolute atomic E-state index is 0.768. The van der Waals surface area contributed by atoms with Crippen molar-refractivity contribution in [1.29, 1.82) is 0 Å². The van der Waals surface area contributed by atoms with Crippen molar-refractivity contribution in [1.82, 2.24) is 0 Å². The molecule has 1 unspecified atom stereocenters. The first-order valence-corrected chi connectivity index (χ1v) is 6.89. The van der Waals surface area contributed by atoms with Crippen LogP contribution in [0.5, 0.6) is 0 Å². The summed E-state index contributed by atoms with van der Waals surface area (Å²) < 4.78 is 0. The second-order valence-corrected chi connectivity index (χ2v) is 3.55. The molecular weight excluding hydrogens is 180 g/mol. The Morgan fingerprint density at radius 2 is 1.40 bits per heavy atom. The molecule has 0 saturated heterocycles. The summed E-state index contributed by atoms with van der Waals surface area (Å²) in [5.74, 6) is 0.768. The number of unbranched alkanes of at least 4 members (excludes halogenated alkanes) is 2. The molecule has 0 spiro atoms. The van der Waals surface area contributed by atoms with E-state index in [-0.39, 0.29) is 0 Å². The fourth-order valence-corrected chi connectivity index (χ4v) is 0.955. The normalized spacial score (nSPS) is 10.3. The van der Waals surface area contributed by atoms with Gasteiger partial charge in [-0.3, -0.25) is 0 Å². The van der Waals surface area contributed by atoms with Crippen molar-refractivity contribution < 1.29 is 0 Å². The van der Waals surface area contributed by atoms with E-state index in [9.17, 15) is 0 Å². The van der Waals surface area contributed by atoms with Gasteiger partial charge in [0.25, 0.3) is 0 Å². The lowest BCUT2D eigenvalue weighted by Gasteiger charge is -2.06. The summed E-state index contributed by atoms with van der Waals surface area (Å²) in [6.45, 7) is 16.6. The van der Waals surface area contributed by atoms with Crippen LogP contribution in [0.25, 0.3) is 0 Å². The van der Waals surface area contributed by atoms with Gasteiger partial charge in [0.05, 0.1) is 0 Å². The average molecular weight is 214 g/mol. The van der Waals surface area contributed by atoms with E-state index in [2.05, 4.69) is 40.3 Å². The number of allylic oxidation sites excluding steroid dienone is 1.